The lowest BCUT2D eigenvalue weighted by molar-refractivity contribution is -0.147. The molecule has 122 valence electrons. The highest BCUT2D eigenvalue weighted by molar-refractivity contribution is 9.10. The van der Waals surface area contributed by atoms with Gasteiger partial charge in [-0.1, -0.05) is 0 Å². The number of carbonyl (C=O) groups excluding carboxylic acids is 1. The molecule has 1 N–H and O–H groups in total. The van der Waals surface area contributed by atoms with E-state index in [2.05, 4.69) is 15.9 Å². The molecule has 1 rings (SSSR count). The van der Waals surface area contributed by atoms with Crippen LogP contribution in [0.5, 0.6) is 11.5 Å². The quantitative estimate of drug-likeness (QED) is 0.829. The molecule has 1 aromatic rings. The topological polar surface area (TPSA) is 76.1 Å². The second-order valence-electron chi connectivity index (χ2n) is 5.15. The summed E-state index contributed by atoms with van der Waals surface area (Å²) in [6, 6.07) is 3.12. The van der Waals surface area contributed by atoms with E-state index >= 15 is 0 Å². The molecule has 0 aliphatic carbocycles. The number of likely N-dealkylation sites (N-methyl/N-ethyl adjacent to an activating group) is 1. The number of amides is 1. The van der Waals surface area contributed by atoms with Crippen molar-refractivity contribution in [2.45, 2.75) is 26.3 Å². The first kappa shape index (κ1) is 18.3. The van der Waals surface area contributed by atoms with Crippen LogP contribution in [-0.2, 0) is 4.79 Å². The molecule has 0 spiro atoms. The molecule has 0 unspecified atom stereocenters. The van der Waals surface area contributed by atoms with Crippen LogP contribution in [0, 0.1) is 0 Å². The number of benzene rings is 1. The first-order chi connectivity index (χ1) is 10.2. The fourth-order valence-corrected chi connectivity index (χ4v) is 2.28. The largest absolute Gasteiger partial charge is 0.493 e. The number of methoxy groups -OCH3 is 1. The summed E-state index contributed by atoms with van der Waals surface area (Å²) in [5.74, 6) is -0.599. The molecule has 0 saturated heterocycles. The first-order valence-corrected chi connectivity index (χ1v) is 7.48. The van der Waals surface area contributed by atoms with Gasteiger partial charge in [0.1, 0.15) is 5.54 Å². The highest BCUT2D eigenvalue weighted by Crippen LogP contribution is 2.37. The molecule has 22 heavy (non-hydrogen) atoms. The fraction of sp³-hybridized carbons (Fsp3) is 0.467. The molecule has 0 heterocycles. The predicted molar refractivity (Wildman–Crippen MR) is 85.7 cm³/mol. The number of carbonyl (C=O) groups is 2. The second-order valence-corrected chi connectivity index (χ2v) is 6.01. The first-order valence-electron chi connectivity index (χ1n) is 6.68. The number of hydrogen-bond donors (Lipinski definition) is 1. The molecular weight excluding hydrogens is 354 g/mol. The van der Waals surface area contributed by atoms with Crippen molar-refractivity contribution in [3.05, 3.63) is 22.2 Å². The van der Waals surface area contributed by atoms with Gasteiger partial charge >= 0.3 is 5.97 Å². The van der Waals surface area contributed by atoms with Gasteiger partial charge in [-0.05, 0) is 48.8 Å². The molecule has 0 fully saturated rings. The van der Waals surface area contributed by atoms with Gasteiger partial charge in [-0.25, -0.2) is 4.79 Å². The van der Waals surface area contributed by atoms with Crippen LogP contribution < -0.4 is 9.47 Å². The zero-order chi connectivity index (χ0) is 17.1. The van der Waals surface area contributed by atoms with Crippen LogP contribution in [-0.4, -0.2) is 48.2 Å². The molecule has 0 radical (unpaired) electrons. The summed E-state index contributed by atoms with van der Waals surface area (Å²) >= 11 is 3.34. The van der Waals surface area contributed by atoms with Gasteiger partial charge < -0.3 is 19.5 Å². The van der Waals surface area contributed by atoms with Crippen LogP contribution in [0.3, 0.4) is 0 Å². The molecule has 0 aliphatic heterocycles. The van der Waals surface area contributed by atoms with E-state index in [1.54, 1.807) is 6.07 Å². The minimum atomic E-state index is -1.32. The Morgan fingerprint density at radius 2 is 1.95 bits per heavy atom. The van der Waals surface area contributed by atoms with Crippen LogP contribution in [0.4, 0.5) is 0 Å². The zero-order valence-electron chi connectivity index (χ0n) is 13.3. The van der Waals surface area contributed by atoms with Crippen molar-refractivity contribution >= 4 is 27.8 Å². The summed E-state index contributed by atoms with van der Waals surface area (Å²) in [6.07, 6.45) is 0. The van der Waals surface area contributed by atoms with Gasteiger partial charge in [-0.3, -0.25) is 4.79 Å². The Labute approximate surface area is 138 Å². The third-order valence-corrected chi connectivity index (χ3v) is 4.02. The van der Waals surface area contributed by atoms with Crippen LogP contribution in [0.2, 0.25) is 0 Å². The minimum absolute atomic E-state index is 0.309. The summed E-state index contributed by atoms with van der Waals surface area (Å²) in [5.41, 5.74) is -1.01. The van der Waals surface area contributed by atoms with Crippen LogP contribution >= 0.6 is 15.9 Å². The van der Waals surface area contributed by atoms with Gasteiger partial charge in [-0.15, -0.1) is 0 Å². The Kier molecular flexibility index (Phi) is 5.82. The average molecular weight is 374 g/mol. The molecule has 0 aliphatic rings. The molecular formula is C15H20BrNO5. The van der Waals surface area contributed by atoms with Crippen LogP contribution in [0.25, 0.3) is 0 Å². The van der Waals surface area contributed by atoms with Crippen molar-refractivity contribution in [2.75, 3.05) is 20.8 Å². The van der Waals surface area contributed by atoms with Crippen LogP contribution in [0.1, 0.15) is 31.1 Å². The van der Waals surface area contributed by atoms with Crippen LogP contribution in [0.15, 0.2) is 16.6 Å². The van der Waals surface area contributed by atoms with Crippen molar-refractivity contribution in [3.8, 4) is 11.5 Å². The molecule has 1 amide bonds. The van der Waals surface area contributed by atoms with Crippen molar-refractivity contribution in [1.29, 1.82) is 0 Å². The maximum atomic E-state index is 12.5. The summed E-state index contributed by atoms with van der Waals surface area (Å²) in [4.78, 5) is 25.0. The summed E-state index contributed by atoms with van der Waals surface area (Å²) in [5, 5.41) is 9.23. The lowest BCUT2D eigenvalue weighted by atomic mass is 10.0. The standard InChI is InChI=1S/C15H20BrNO5/c1-6-22-12-10(16)7-9(8-11(12)21-5)13(18)17(4)15(2,3)14(19)20/h7-8H,6H2,1-5H3,(H,19,20). The van der Waals surface area contributed by atoms with E-state index in [1.165, 1.54) is 39.0 Å². The molecule has 1 aromatic carbocycles. The van der Waals surface area contributed by atoms with Gasteiger partial charge in [0.2, 0.25) is 0 Å². The van der Waals surface area contributed by atoms with Gasteiger partial charge in [0.25, 0.3) is 5.91 Å². The Hall–Kier alpha value is -1.76. The summed E-state index contributed by atoms with van der Waals surface area (Å²) in [7, 11) is 2.93. The van der Waals surface area contributed by atoms with E-state index in [1.807, 2.05) is 6.92 Å². The monoisotopic (exact) mass is 373 g/mol. The van der Waals surface area contributed by atoms with Crippen molar-refractivity contribution < 1.29 is 24.2 Å². The highest BCUT2D eigenvalue weighted by atomic mass is 79.9. The number of halogens is 1. The minimum Gasteiger partial charge on any atom is -0.493 e. The SMILES string of the molecule is CCOc1c(Br)cc(C(=O)N(C)C(C)(C)C(=O)O)cc1OC. The van der Waals surface area contributed by atoms with E-state index in [9.17, 15) is 14.7 Å². The molecule has 0 saturated carbocycles. The van der Waals surface area contributed by atoms with Crippen molar-refractivity contribution in [1.82, 2.24) is 4.90 Å². The lowest BCUT2D eigenvalue weighted by Gasteiger charge is -2.31. The molecule has 0 aromatic heterocycles. The normalized spacial score (nSPS) is 11.0. The van der Waals surface area contributed by atoms with E-state index in [-0.39, 0.29) is 0 Å². The Bertz CT molecular complexity index is 586. The number of carboxylic acid groups (broad SMARTS) is 1. The average Bonchev–Trinajstić information content (AvgIpc) is 2.47. The number of aliphatic carboxylic acids is 1. The molecule has 7 heteroatoms. The van der Waals surface area contributed by atoms with Gasteiger partial charge in [0.15, 0.2) is 11.5 Å². The summed E-state index contributed by atoms with van der Waals surface area (Å²) in [6.45, 7) is 5.23. The van der Waals surface area contributed by atoms with Gasteiger partial charge in [0, 0.05) is 12.6 Å². The number of nitrogens with zero attached hydrogens (tertiary/aromatic N) is 1. The highest BCUT2D eigenvalue weighted by Gasteiger charge is 2.36. The predicted octanol–water partition coefficient (Wildman–Crippen LogP) is 2.79. The molecule has 0 atom stereocenters. The smallest absolute Gasteiger partial charge is 0.329 e. The number of rotatable bonds is 6. The van der Waals surface area contributed by atoms with E-state index < -0.39 is 17.4 Å². The number of hydrogen-bond acceptors (Lipinski definition) is 4. The second kappa shape index (κ2) is 7.00. The van der Waals surface area contributed by atoms with Crippen molar-refractivity contribution in [3.63, 3.8) is 0 Å². The van der Waals surface area contributed by atoms with Gasteiger partial charge in [0.05, 0.1) is 18.2 Å². The van der Waals surface area contributed by atoms with E-state index in [0.717, 1.165) is 0 Å². The Balaban J connectivity index is 3.25. The maximum Gasteiger partial charge on any atom is 0.329 e. The molecule has 0 bridgehead atoms. The van der Waals surface area contributed by atoms with Crippen molar-refractivity contribution in [2.24, 2.45) is 0 Å². The maximum absolute atomic E-state index is 12.5. The van der Waals surface area contributed by atoms with E-state index in [4.69, 9.17) is 9.47 Å². The fourth-order valence-electron chi connectivity index (χ4n) is 1.72. The Morgan fingerprint density at radius 3 is 2.41 bits per heavy atom. The zero-order valence-corrected chi connectivity index (χ0v) is 14.9. The Morgan fingerprint density at radius 1 is 1.36 bits per heavy atom. The number of ether oxygens (including phenoxy) is 2. The number of carboxylic acids is 1. The molecule has 6 nitrogen and oxygen atoms in total. The van der Waals surface area contributed by atoms with Gasteiger partial charge in [-0.2, -0.15) is 0 Å². The third-order valence-electron chi connectivity index (χ3n) is 3.43. The lowest BCUT2D eigenvalue weighted by Crippen LogP contribution is -2.50. The van der Waals surface area contributed by atoms with E-state index in [0.29, 0.717) is 28.1 Å². The third kappa shape index (κ3) is 3.52. The summed E-state index contributed by atoms with van der Waals surface area (Å²) < 4.78 is 11.3.